The number of aliphatic hydroxyl groups is 1. The molecule has 19 heavy (non-hydrogen) atoms. The summed E-state index contributed by atoms with van der Waals surface area (Å²) in [5.41, 5.74) is 0.553. The van der Waals surface area contributed by atoms with Gasteiger partial charge >= 0.3 is 0 Å². The number of carbonyl (C=O) groups excluding carboxylic acids is 2. The van der Waals surface area contributed by atoms with Crippen LogP contribution < -0.4 is 10.6 Å². The van der Waals surface area contributed by atoms with E-state index in [1.165, 1.54) is 11.3 Å². The van der Waals surface area contributed by atoms with Gasteiger partial charge in [0.1, 0.15) is 0 Å². The summed E-state index contributed by atoms with van der Waals surface area (Å²) in [6, 6.07) is 1.70. The molecule has 0 aliphatic carbocycles. The first-order valence-electron chi connectivity index (χ1n) is 6.24. The van der Waals surface area contributed by atoms with Crippen LogP contribution in [0.15, 0.2) is 16.8 Å². The Kier molecular flexibility index (Phi) is 6.52. The minimum Gasteiger partial charge on any atom is -0.391 e. The summed E-state index contributed by atoms with van der Waals surface area (Å²) in [6.07, 6.45) is 0.0955. The molecule has 1 aromatic rings. The third-order valence-electron chi connectivity index (χ3n) is 2.47. The summed E-state index contributed by atoms with van der Waals surface area (Å²) in [6.45, 7) is 4.15. The van der Waals surface area contributed by atoms with Gasteiger partial charge in [0.15, 0.2) is 0 Å². The summed E-state index contributed by atoms with van der Waals surface area (Å²) in [7, 11) is 0. The van der Waals surface area contributed by atoms with E-state index >= 15 is 0 Å². The van der Waals surface area contributed by atoms with Gasteiger partial charge in [0.2, 0.25) is 5.91 Å². The van der Waals surface area contributed by atoms with E-state index < -0.39 is 6.10 Å². The minimum atomic E-state index is -0.545. The van der Waals surface area contributed by atoms with Gasteiger partial charge in [-0.1, -0.05) is 13.8 Å². The molecule has 1 heterocycles. The van der Waals surface area contributed by atoms with E-state index in [1.807, 2.05) is 13.8 Å². The molecule has 0 saturated heterocycles. The number of thiophene rings is 1. The summed E-state index contributed by atoms with van der Waals surface area (Å²) >= 11 is 1.43. The van der Waals surface area contributed by atoms with Gasteiger partial charge in [-0.2, -0.15) is 11.3 Å². The molecule has 2 amide bonds. The van der Waals surface area contributed by atoms with Gasteiger partial charge in [0, 0.05) is 17.5 Å². The zero-order valence-electron chi connectivity index (χ0n) is 11.2. The highest BCUT2D eigenvalue weighted by molar-refractivity contribution is 7.08. The average Bonchev–Trinajstić information content (AvgIpc) is 2.86. The molecule has 106 valence electrons. The first kappa shape index (κ1) is 15.7. The Morgan fingerprint density at radius 1 is 1.37 bits per heavy atom. The van der Waals surface area contributed by atoms with Crippen LogP contribution in [0.4, 0.5) is 0 Å². The highest BCUT2D eigenvalue weighted by Gasteiger charge is 2.10. The van der Waals surface area contributed by atoms with Crippen LogP contribution in [0.3, 0.4) is 0 Å². The smallest absolute Gasteiger partial charge is 0.252 e. The number of hydrogen-bond donors (Lipinski definition) is 3. The second-order valence-corrected chi connectivity index (χ2v) is 5.56. The molecule has 1 rings (SSSR count). The van der Waals surface area contributed by atoms with Crippen LogP contribution in [0.5, 0.6) is 0 Å². The van der Waals surface area contributed by atoms with E-state index in [9.17, 15) is 14.7 Å². The summed E-state index contributed by atoms with van der Waals surface area (Å²) in [5.74, 6) is -0.185. The average molecular weight is 284 g/mol. The third-order valence-corrected chi connectivity index (χ3v) is 3.15. The van der Waals surface area contributed by atoms with Crippen LogP contribution in [0, 0.1) is 5.92 Å². The maximum absolute atomic E-state index is 11.6. The second kappa shape index (κ2) is 7.91. The second-order valence-electron chi connectivity index (χ2n) is 4.78. The maximum Gasteiger partial charge on any atom is 0.252 e. The summed E-state index contributed by atoms with van der Waals surface area (Å²) in [4.78, 5) is 23.0. The SMILES string of the molecule is CC(C)CC(O)CNC(=O)CNC(=O)c1ccsc1. The van der Waals surface area contributed by atoms with Gasteiger partial charge in [-0.25, -0.2) is 0 Å². The number of amides is 2. The summed E-state index contributed by atoms with van der Waals surface area (Å²) < 4.78 is 0. The fourth-order valence-electron chi connectivity index (χ4n) is 1.58. The summed E-state index contributed by atoms with van der Waals surface area (Å²) in [5, 5.41) is 18.2. The third kappa shape index (κ3) is 6.35. The van der Waals surface area contributed by atoms with Gasteiger partial charge in [-0.05, 0) is 23.8 Å². The Hall–Kier alpha value is -1.40. The van der Waals surface area contributed by atoms with Crippen LogP contribution in [0.1, 0.15) is 30.6 Å². The van der Waals surface area contributed by atoms with E-state index in [4.69, 9.17) is 0 Å². The Labute approximate surface area is 117 Å². The Morgan fingerprint density at radius 3 is 2.68 bits per heavy atom. The van der Waals surface area contributed by atoms with Crippen LogP contribution >= 0.6 is 11.3 Å². The van der Waals surface area contributed by atoms with Crippen molar-refractivity contribution in [3.8, 4) is 0 Å². The molecule has 0 fully saturated rings. The van der Waals surface area contributed by atoms with E-state index in [0.717, 1.165) is 0 Å². The largest absolute Gasteiger partial charge is 0.391 e. The quantitative estimate of drug-likeness (QED) is 0.699. The van der Waals surface area contributed by atoms with Crippen molar-refractivity contribution in [1.29, 1.82) is 0 Å². The Morgan fingerprint density at radius 2 is 2.11 bits per heavy atom. The van der Waals surface area contributed by atoms with Crippen molar-refractivity contribution >= 4 is 23.2 Å². The number of rotatable bonds is 7. The van der Waals surface area contributed by atoms with Gasteiger partial charge in [-0.3, -0.25) is 9.59 Å². The molecule has 5 nitrogen and oxygen atoms in total. The number of aliphatic hydroxyl groups excluding tert-OH is 1. The molecule has 1 atom stereocenters. The van der Waals surface area contributed by atoms with Crippen LogP contribution in [-0.4, -0.2) is 36.1 Å². The molecule has 0 bridgehead atoms. The topological polar surface area (TPSA) is 78.4 Å². The highest BCUT2D eigenvalue weighted by atomic mass is 32.1. The van der Waals surface area contributed by atoms with Crippen molar-refractivity contribution in [3.63, 3.8) is 0 Å². The number of hydrogen-bond acceptors (Lipinski definition) is 4. The molecule has 1 unspecified atom stereocenters. The highest BCUT2D eigenvalue weighted by Crippen LogP contribution is 2.05. The van der Waals surface area contributed by atoms with E-state index in [0.29, 0.717) is 17.9 Å². The van der Waals surface area contributed by atoms with Gasteiger partial charge in [0.05, 0.1) is 12.6 Å². The first-order chi connectivity index (χ1) is 8.99. The lowest BCUT2D eigenvalue weighted by Gasteiger charge is -2.13. The lowest BCUT2D eigenvalue weighted by atomic mass is 10.1. The number of nitrogens with one attached hydrogen (secondary N) is 2. The molecular formula is C13H20N2O3S. The molecule has 0 radical (unpaired) electrons. The van der Waals surface area contributed by atoms with Gasteiger partial charge in [0.25, 0.3) is 5.91 Å². The first-order valence-corrected chi connectivity index (χ1v) is 7.18. The predicted molar refractivity (Wildman–Crippen MR) is 75.1 cm³/mol. The van der Waals surface area contributed by atoms with Gasteiger partial charge in [-0.15, -0.1) is 0 Å². The fraction of sp³-hybridized carbons (Fsp3) is 0.538. The van der Waals surface area contributed by atoms with Gasteiger partial charge < -0.3 is 15.7 Å². The predicted octanol–water partition coefficient (Wildman–Crippen LogP) is 1.00. The molecule has 0 saturated carbocycles. The van der Waals surface area contributed by atoms with Crippen molar-refractivity contribution in [2.75, 3.05) is 13.1 Å². The van der Waals surface area contributed by atoms with Crippen molar-refractivity contribution in [2.45, 2.75) is 26.4 Å². The Balaban J connectivity index is 2.19. The lowest BCUT2D eigenvalue weighted by Crippen LogP contribution is -2.40. The molecular weight excluding hydrogens is 264 g/mol. The van der Waals surface area contributed by atoms with E-state index in [2.05, 4.69) is 10.6 Å². The normalized spacial score (nSPS) is 12.2. The molecule has 0 aromatic carbocycles. The van der Waals surface area contributed by atoms with Crippen molar-refractivity contribution in [2.24, 2.45) is 5.92 Å². The zero-order valence-corrected chi connectivity index (χ0v) is 12.0. The van der Waals surface area contributed by atoms with Crippen LogP contribution in [0.2, 0.25) is 0 Å². The molecule has 1 aromatic heterocycles. The molecule has 6 heteroatoms. The molecule has 0 aliphatic rings. The van der Waals surface area contributed by atoms with Crippen LogP contribution in [0.25, 0.3) is 0 Å². The zero-order chi connectivity index (χ0) is 14.3. The standard InChI is InChI=1S/C13H20N2O3S/c1-9(2)5-11(16)6-14-12(17)7-15-13(18)10-3-4-19-8-10/h3-4,8-9,11,16H,5-7H2,1-2H3,(H,14,17)(H,15,18). The van der Waals surface area contributed by atoms with Crippen molar-refractivity contribution in [3.05, 3.63) is 22.4 Å². The monoisotopic (exact) mass is 284 g/mol. The van der Waals surface area contributed by atoms with Crippen LogP contribution in [-0.2, 0) is 4.79 Å². The van der Waals surface area contributed by atoms with E-state index in [-0.39, 0.29) is 24.9 Å². The molecule has 0 aliphatic heterocycles. The Bertz CT molecular complexity index is 404. The molecule has 3 N–H and O–H groups in total. The lowest BCUT2D eigenvalue weighted by molar-refractivity contribution is -0.120. The van der Waals surface area contributed by atoms with Crippen molar-refractivity contribution < 1.29 is 14.7 Å². The minimum absolute atomic E-state index is 0.0803. The molecule has 0 spiro atoms. The fourth-order valence-corrected chi connectivity index (χ4v) is 2.21. The number of carbonyl (C=O) groups is 2. The van der Waals surface area contributed by atoms with Crippen molar-refractivity contribution in [1.82, 2.24) is 10.6 Å². The maximum atomic E-state index is 11.6. The van der Waals surface area contributed by atoms with E-state index in [1.54, 1.807) is 16.8 Å².